The Morgan fingerprint density at radius 1 is 1.13 bits per heavy atom. The first kappa shape index (κ1) is 20.8. The second-order valence-electron chi connectivity index (χ2n) is 7.81. The fraction of sp³-hybridized carbons (Fsp3) is 0.292. The Morgan fingerprint density at radius 3 is 2.32 bits per heavy atom. The van der Waals surface area contributed by atoms with Crippen LogP contribution in [-0.4, -0.2) is 27.6 Å². The number of hydrogen-bond acceptors (Lipinski definition) is 4. The molecule has 0 radical (unpaired) electrons. The van der Waals surface area contributed by atoms with Gasteiger partial charge in [0.1, 0.15) is 5.82 Å². The van der Waals surface area contributed by atoms with Gasteiger partial charge in [-0.25, -0.2) is 4.68 Å². The van der Waals surface area contributed by atoms with Crippen LogP contribution < -0.4 is 16.0 Å². The number of aromatic nitrogens is 2. The molecule has 1 aliphatic heterocycles. The maximum atomic E-state index is 13.5. The van der Waals surface area contributed by atoms with Gasteiger partial charge in [0.05, 0.1) is 11.6 Å². The number of carbonyl (C=O) groups excluding carboxylic acids is 2. The van der Waals surface area contributed by atoms with Crippen LogP contribution in [0.3, 0.4) is 0 Å². The second kappa shape index (κ2) is 9.14. The van der Waals surface area contributed by atoms with Gasteiger partial charge in [-0.05, 0) is 24.5 Å². The van der Waals surface area contributed by atoms with Crippen LogP contribution in [-0.2, 0) is 9.59 Å². The Balaban J connectivity index is 1.64. The number of hydrogen-bond donors (Lipinski definition) is 3. The lowest BCUT2D eigenvalue weighted by atomic mass is 9.90. The van der Waals surface area contributed by atoms with E-state index < -0.39 is 12.2 Å². The van der Waals surface area contributed by atoms with E-state index >= 15 is 0 Å². The third-order valence-electron chi connectivity index (χ3n) is 5.50. The van der Waals surface area contributed by atoms with Crippen LogP contribution in [0.5, 0.6) is 0 Å². The third-order valence-corrected chi connectivity index (χ3v) is 5.50. The van der Waals surface area contributed by atoms with Gasteiger partial charge < -0.3 is 10.6 Å². The van der Waals surface area contributed by atoms with Crippen molar-refractivity contribution in [3.05, 3.63) is 83.6 Å². The lowest BCUT2D eigenvalue weighted by Gasteiger charge is -2.32. The van der Waals surface area contributed by atoms with E-state index in [-0.39, 0.29) is 17.9 Å². The van der Waals surface area contributed by atoms with Gasteiger partial charge >= 0.3 is 0 Å². The molecule has 1 aliphatic rings. The lowest BCUT2D eigenvalue weighted by Crippen LogP contribution is -2.53. The first-order valence-corrected chi connectivity index (χ1v) is 10.6. The van der Waals surface area contributed by atoms with E-state index in [2.05, 4.69) is 21.0 Å². The van der Waals surface area contributed by atoms with Crippen LogP contribution >= 0.6 is 0 Å². The van der Waals surface area contributed by atoms with E-state index in [9.17, 15) is 9.59 Å². The summed E-state index contributed by atoms with van der Waals surface area (Å²) in [5, 5.41) is 13.9. The van der Waals surface area contributed by atoms with Crippen molar-refractivity contribution >= 4 is 17.6 Å². The van der Waals surface area contributed by atoms with E-state index in [1.165, 1.54) is 0 Å². The maximum absolute atomic E-state index is 13.5. The number of nitrogens with zero attached hydrogens (tertiary/aromatic N) is 2. The fourth-order valence-electron chi connectivity index (χ4n) is 3.94. The van der Waals surface area contributed by atoms with Crippen LogP contribution in [0.1, 0.15) is 48.8 Å². The number of amides is 2. The van der Waals surface area contributed by atoms with Gasteiger partial charge in [-0.15, -0.1) is 0 Å². The number of aryl methyl sites for hydroxylation is 1. The monoisotopic (exact) mass is 417 g/mol. The van der Waals surface area contributed by atoms with E-state index in [1.54, 1.807) is 4.68 Å². The molecule has 2 amide bonds. The molecular weight excluding hydrogens is 390 g/mol. The molecule has 1 saturated heterocycles. The standard InChI is InChI=1S/C24H27N5O2/c1-3-19-15-21(30)27-24(25-19)29-20(14-16(2)28-29)26-23(31)22(17-10-6-4-7-11-17)18-12-8-5-9-13-18/h4-14,19,22,24-25H,3,15H2,1-2H3,(H,26,31)(H,27,30). The predicted octanol–water partition coefficient (Wildman–Crippen LogP) is 3.31. The van der Waals surface area contributed by atoms with Crippen molar-refractivity contribution in [3.63, 3.8) is 0 Å². The Morgan fingerprint density at radius 2 is 1.74 bits per heavy atom. The number of carbonyl (C=O) groups is 2. The van der Waals surface area contributed by atoms with Crippen molar-refractivity contribution in [2.24, 2.45) is 0 Å². The molecule has 2 aromatic carbocycles. The summed E-state index contributed by atoms with van der Waals surface area (Å²) in [5.74, 6) is -0.127. The third kappa shape index (κ3) is 4.67. The van der Waals surface area contributed by atoms with Gasteiger partial charge in [0.15, 0.2) is 6.29 Å². The molecule has 3 aromatic rings. The molecule has 2 atom stereocenters. The lowest BCUT2D eigenvalue weighted by molar-refractivity contribution is -0.125. The minimum absolute atomic E-state index is 0.0347. The topological polar surface area (TPSA) is 88.1 Å². The highest BCUT2D eigenvalue weighted by molar-refractivity contribution is 5.97. The molecule has 7 nitrogen and oxygen atoms in total. The SMILES string of the molecule is CCC1CC(=O)NC(n2nc(C)cc2NC(=O)C(c2ccccc2)c2ccccc2)N1. The van der Waals surface area contributed by atoms with E-state index in [1.807, 2.05) is 80.6 Å². The van der Waals surface area contributed by atoms with Gasteiger partial charge in [-0.2, -0.15) is 5.10 Å². The highest BCUT2D eigenvalue weighted by atomic mass is 16.2. The molecule has 0 spiro atoms. The summed E-state index contributed by atoms with van der Waals surface area (Å²) in [6, 6.07) is 21.3. The van der Waals surface area contributed by atoms with Crippen molar-refractivity contribution in [3.8, 4) is 0 Å². The molecule has 0 aliphatic carbocycles. The number of rotatable bonds is 6. The molecular formula is C24H27N5O2. The average Bonchev–Trinajstić information content (AvgIpc) is 3.15. The van der Waals surface area contributed by atoms with Crippen LogP contribution in [0.15, 0.2) is 66.7 Å². The van der Waals surface area contributed by atoms with Crippen molar-refractivity contribution in [2.75, 3.05) is 5.32 Å². The normalized spacial score (nSPS) is 18.6. The summed E-state index contributed by atoms with van der Waals surface area (Å²) in [5.41, 5.74) is 2.56. The zero-order valence-electron chi connectivity index (χ0n) is 17.7. The second-order valence-corrected chi connectivity index (χ2v) is 7.81. The largest absolute Gasteiger partial charge is 0.322 e. The number of benzene rings is 2. The molecule has 2 unspecified atom stereocenters. The highest BCUT2D eigenvalue weighted by Gasteiger charge is 2.29. The molecule has 1 aromatic heterocycles. The molecule has 3 N–H and O–H groups in total. The Bertz CT molecular complexity index is 1010. The van der Waals surface area contributed by atoms with E-state index in [0.717, 1.165) is 23.2 Å². The van der Waals surface area contributed by atoms with Gasteiger partial charge in [-0.1, -0.05) is 67.6 Å². The minimum Gasteiger partial charge on any atom is -0.322 e. The summed E-state index contributed by atoms with van der Waals surface area (Å²) in [7, 11) is 0. The van der Waals surface area contributed by atoms with Gasteiger partial charge in [0.25, 0.3) is 0 Å². The van der Waals surface area contributed by atoms with Crippen molar-refractivity contribution in [2.45, 2.75) is 44.9 Å². The Labute approximate surface area is 181 Å². The summed E-state index contributed by atoms with van der Waals surface area (Å²) >= 11 is 0. The van der Waals surface area contributed by atoms with Crippen LogP contribution in [0.2, 0.25) is 0 Å². The molecule has 160 valence electrons. The van der Waals surface area contributed by atoms with Gasteiger partial charge in [0, 0.05) is 18.5 Å². The zero-order valence-corrected chi connectivity index (χ0v) is 17.7. The molecule has 0 bridgehead atoms. The molecule has 1 fully saturated rings. The van der Waals surface area contributed by atoms with Crippen LogP contribution in [0, 0.1) is 6.92 Å². The van der Waals surface area contributed by atoms with E-state index in [4.69, 9.17) is 0 Å². The molecule has 2 heterocycles. The van der Waals surface area contributed by atoms with Crippen molar-refractivity contribution in [1.82, 2.24) is 20.4 Å². The minimum atomic E-state index is -0.512. The molecule has 4 rings (SSSR count). The first-order chi connectivity index (χ1) is 15.0. The Hall–Kier alpha value is -3.45. The Kier molecular flexibility index (Phi) is 6.13. The fourth-order valence-corrected chi connectivity index (χ4v) is 3.94. The van der Waals surface area contributed by atoms with E-state index in [0.29, 0.717) is 12.2 Å². The van der Waals surface area contributed by atoms with Crippen LogP contribution in [0.4, 0.5) is 5.82 Å². The van der Waals surface area contributed by atoms with Crippen molar-refractivity contribution < 1.29 is 9.59 Å². The smallest absolute Gasteiger partial charge is 0.237 e. The average molecular weight is 418 g/mol. The number of nitrogens with one attached hydrogen (secondary N) is 3. The first-order valence-electron chi connectivity index (χ1n) is 10.6. The maximum Gasteiger partial charge on any atom is 0.237 e. The van der Waals surface area contributed by atoms with Gasteiger partial charge in [-0.3, -0.25) is 14.9 Å². The summed E-state index contributed by atoms with van der Waals surface area (Å²) in [6.45, 7) is 3.90. The molecule has 7 heteroatoms. The summed E-state index contributed by atoms with van der Waals surface area (Å²) in [6.07, 6.45) is 0.747. The predicted molar refractivity (Wildman–Crippen MR) is 119 cm³/mol. The summed E-state index contributed by atoms with van der Waals surface area (Å²) < 4.78 is 1.64. The summed E-state index contributed by atoms with van der Waals surface area (Å²) in [4.78, 5) is 25.6. The zero-order chi connectivity index (χ0) is 21.8. The highest BCUT2D eigenvalue weighted by Crippen LogP contribution is 2.27. The van der Waals surface area contributed by atoms with Crippen molar-refractivity contribution in [1.29, 1.82) is 0 Å². The molecule has 31 heavy (non-hydrogen) atoms. The number of anilines is 1. The molecule has 0 saturated carbocycles. The van der Waals surface area contributed by atoms with Gasteiger partial charge in [0.2, 0.25) is 11.8 Å². The van der Waals surface area contributed by atoms with Crippen LogP contribution in [0.25, 0.3) is 0 Å². The quantitative estimate of drug-likeness (QED) is 0.574.